The van der Waals surface area contributed by atoms with E-state index >= 15 is 0 Å². The molecular formula is C22H29N5O3. The van der Waals surface area contributed by atoms with Gasteiger partial charge >= 0.3 is 0 Å². The number of rotatable bonds is 6. The van der Waals surface area contributed by atoms with Crippen LogP contribution in [0.2, 0.25) is 0 Å². The smallest absolute Gasteiger partial charge is 0.259 e. The zero-order chi connectivity index (χ0) is 21.6. The van der Waals surface area contributed by atoms with Gasteiger partial charge in [-0.2, -0.15) is 0 Å². The molecule has 0 aliphatic carbocycles. The Labute approximate surface area is 177 Å². The van der Waals surface area contributed by atoms with Gasteiger partial charge in [0.25, 0.3) is 5.91 Å². The van der Waals surface area contributed by atoms with Gasteiger partial charge in [0.2, 0.25) is 11.9 Å². The summed E-state index contributed by atoms with van der Waals surface area (Å²) >= 11 is 0. The number of carbonyl (C=O) groups is 2. The highest BCUT2D eigenvalue weighted by Gasteiger charge is 2.22. The fourth-order valence-electron chi connectivity index (χ4n) is 2.98. The zero-order valence-corrected chi connectivity index (χ0v) is 17.8. The van der Waals surface area contributed by atoms with Gasteiger partial charge in [-0.1, -0.05) is 39.0 Å². The first-order valence-corrected chi connectivity index (χ1v) is 10.2. The van der Waals surface area contributed by atoms with Crippen LogP contribution >= 0.6 is 0 Å². The molecule has 0 unspecified atom stereocenters. The number of benzene rings is 1. The van der Waals surface area contributed by atoms with Gasteiger partial charge in [0.1, 0.15) is 0 Å². The van der Waals surface area contributed by atoms with Crippen LogP contribution in [0, 0.1) is 5.41 Å². The fourth-order valence-corrected chi connectivity index (χ4v) is 2.98. The number of hydrogen-bond acceptors (Lipinski definition) is 6. The Balaban J connectivity index is 1.79. The molecule has 0 radical (unpaired) electrons. The summed E-state index contributed by atoms with van der Waals surface area (Å²) in [5.41, 5.74) is 1.24. The fraction of sp³-hybridized carbons (Fsp3) is 0.455. The van der Waals surface area contributed by atoms with Gasteiger partial charge in [0.15, 0.2) is 0 Å². The molecule has 0 spiro atoms. The summed E-state index contributed by atoms with van der Waals surface area (Å²) in [6.07, 6.45) is 2.00. The summed E-state index contributed by atoms with van der Waals surface area (Å²) in [5.74, 6) is 0.263. The van der Waals surface area contributed by atoms with Crippen LogP contribution in [0.4, 0.5) is 11.6 Å². The number of ether oxygens (including phenoxy) is 1. The summed E-state index contributed by atoms with van der Waals surface area (Å²) in [5, 5.41) is 5.80. The molecule has 1 aliphatic heterocycles. The normalized spacial score (nSPS) is 14.3. The van der Waals surface area contributed by atoms with Crippen molar-refractivity contribution < 1.29 is 14.3 Å². The van der Waals surface area contributed by atoms with E-state index in [1.54, 1.807) is 6.20 Å². The Kier molecular flexibility index (Phi) is 6.99. The second-order valence-corrected chi connectivity index (χ2v) is 8.21. The first-order chi connectivity index (χ1) is 14.3. The molecule has 1 fully saturated rings. The summed E-state index contributed by atoms with van der Waals surface area (Å²) < 4.78 is 5.39. The molecule has 2 N–H and O–H groups in total. The number of aromatic nitrogens is 2. The predicted octanol–water partition coefficient (Wildman–Crippen LogP) is 2.27. The van der Waals surface area contributed by atoms with E-state index in [-0.39, 0.29) is 11.8 Å². The minimum atomic E-state index is -0.474. The molecule has 1 aliphatic rings. The molecule has 2 aromatic rings. The molecule has 160 valence electrons. The zero-order valence-electron chi connectivity index (χ0n) is 17.8. The van der Waals surface area contributed by atoms with E-state index in [0.29, 0.717) is 62.2 Å². The molecule has 1 aromatic carbocycles. The molecule has 8 nitrogen and oxygen atoms in total. The number of nitrogens with one attached hydrogen (secondary N) is 2. The van der Waals surface area contributed by atoms with Crippen LogP contribution in [-0.4, -0.2) is 54.6 Å². The molecule has 30 heavy (non-hydrogen) atoms. The van der Waals surface area contributed by atoms with E-state index in [2.05, 4.69) is 20.6 Å². The van der Waals surface area contributed by atoms with Crippen molar-refractivity contribution in [3.63, 3.8) is 0 Å². The number of para-hydroxylation sites is 1. The summed E-state index contributed by atoms with van der Waals surface area (Å²) in [6.45, 7) is 8.63. The first kappa shape index (κ1) is 21.7. The van der Waals surface area contributed by atoms with E-state index in [9.17, 15) is 9.59 Å². The molecule has 0 saturated carbocycles. The van der Waals surface area contributed by atoms with Crippen LogP contribution < -0.4 is 15.5 Å². The second-order valence-electron chi connectivity index (χ2n) is 8.21. The topological polar surface area (TPSA) is 96.5 Å². The quantitative estimate of drug-likeness (QED) is 0.757. The molecule has 0 atom stereocenters. The maximum absolute atomic E-state index is 12.9. The maximum Gasteiger partial charge on any atom is 0.259 e. The third kappa shape index (κ3) is 5.76. The van der Waals surface area contributed by atoms with Gasteiger partial charge in [-0.05, 0) is 12.1 Å². The molecule has 2 heterocycles. The van der Waals surface area contributed by atoms with Crippen molar-refractivity contribution in [2.75, 3.05) is 43.1 Å². The van der Waals surface area contributed by atoms with E-state index in [1.165, 1.54) is 0 Å². The molecule has 1 saturated heterocycles. The Hall–Kier alpha value is -3.00. The van der Waals surface area contributed by atoms with Gasteiger partial charge in [-0.25, -0.2) is 9.97 Å². The first-order valence-electron chi connectivity index (χ1n) is 10.2. The molecule has 8 heteroatoms. The SMILES string of the molecule is CC(C)(C)C(=O)NCCc1nc(N2CCOCC2)ncc1C(=O)Nc1ccccc1. The van der Waals surface area contributed by atoms with Gasteiger partial charge in [-0.15, -0.1) is 0 Å². The summed E-state index contributed by atoms with van der Waals surface area (Å²) in [7, 11) is 0. The molecule has 3 rings (SSSR count). The number of carbonyl (C=O) groups excluding carboxylic acids is 2. The van der Waals surface area contributed by atoms with Crippen molar-refractivity contribution in [3.8, 4) is 0 Å². The van der Waals surface area contributed by atoms with Crippen molar-refractivity contribution >= 4 is 23.5 Å². The van der Waals surface area contributed by atoms with E-state index in [4.69, 9.17) is 4.74 Å². The molecule has 2 amide bonds. The van der Waals surface area contributed by atoms with Crippen LogP contribution in [0.25, 0.3) is 0 Å². The Morgan fingerprint density at radius 3 is 2.50 bits per heavy atom. The number of amides is 2. The van der Waals surface area contributed by atoms with Crippen molar-refractivity contribution in [2.24, 2.45) is 5.41 Å². The minimum Gasteiger partial charge on any atom is -0.378 e. The number of morpholine rings is 1. The molecule has 0 bridgehead atoms. The number of hydrogen-bond donors (Lipinski definition) is 2. The van der Waals surface area contributed by atoms with Gasteiger partial charge < -0.3 is 20.3 Å². The monoisotopic (exact) mass is 411 g/mol. The van der Waals surface area contributed by atoms with Gasteiger partial charge in [0.05, 0.1) is 24.5 Å². The van der Waals surface area contributed by atoms with Crippen LogP contribution in [-0.2, 0) is 16.0 Å². The lowest BCUT2D eigenvalue weighted by Gasteiger charge is -2.27. The van der Waals surface area contributed by atoms with Crippen LogP contribution in [0.1, 0.15) is 36.8 Å². The van der Waals surface area contributed by atoms with Crippen LogP contribution in [0.3, 0.4) is 0 Å². The van der Waals surface area contributed by atoms with E-state index in [1.807, 2.05) is 56.0 Å². The van der Waals surface area contributed by atoms with Crippen molar-refractivity contribution in [1.82, 2.24) is 15.3 Å². The highest BCUT2D eigenvalue weighted by Crippen LogP contribution is 2.17. The number of anilines is 2. The summed E-state index contributed by atoms with van der Waals surface area (Å²) in [4.78, 5) is 36.2. The largest absolute Gasteiger partial charge is 0.378 e. The predicted molar refractivity (Wildman–Crippen MR) is 116 cm³/mol. The number of nitrogens with zero attached hydrogens (tertiary/aromatic N) is 3. The van der Waals surface area contributed by atoms with Gasteiger partial charge in [0, 0.05) is 43.4 Å². The second kappa shape index (κ2) is 9.67. The van der Waals surface area contributed by atoms with Crippen molar-refractivity contribution in [1.29, 1.82) is 0 Å². The maximum atomic E-state index is 12.9. The molecule has 1 aromatic heterocycles. The minimum absolute atomic E-state index is 0.0414. The van der Waals surface area contributed by atoms with Crippen LogP contribution in [0.5, 0.6) is 0 Å². The Bertz CT molecular complexity index is 874. The summed E-state index contributed by atoms with van der Waals surface area (Å²) in [6, 6.07) is 9.25. The third-order valence-electron chi connectivity index (χ3n) is 4.75. The lowest BCUT2D eigenvalue weighted by molar-refractivity contribution is -0.128. The Morgan fingerprint density at radius 2 is 1.83 bits per heavy atom. The highest BCUT2D eigenvalue weighted by molar-refractivity contribution is 6.04. The van der Waals surface area contributed by atoms with E-state index in [0.717, 1.165) is 0 Å². The van der Waals surface area contributed by atoms with E-state index < -0.39 is 5.41 Å². The van der Waals surface area contributed by atoms with Crippen molar-refractivity contribution in [3.05, 3.63) is 47.8 Å². The standard InChI is InChI=1S/C22H29N5O3/c1-22(2,3)20(29)23-10-9-18-17(19(28)25-16-7-5-4-6-8-16)15-24-21(26-18)27-11-13-30-14-12-27/h4-8,15H,9-14H2,1-3H3,(H,23,29)(H,25,28). The van der Waals surface area contributed by atoms with Crippen LogP contribution in [0.15, 0.2) is 36.5 Å². The lowest BCUT2D eigenvalue weighted by Crippen LogP contribution is -2.38. The highest BCUT2D eigenvalue weighted by atomic mass is 16.5. The Morgan fingerprint density at radius 1 is 1.13 bits per heavy atom. The third-order valence-corrected chi connectivity index (χ3v) is 4.75. The average Bonchev–Trinajstić information content (AvgIpc) is 2.74. The lowest BCUT2D eigenvalue weighted by atomic mass is 9.95. The van der Waals surface area contributed by atoms with Gasteiger partial charge in [-0.3, -0.25) is 9.59 Å². The molecular weight excluding hydrogens is 382 g/mol. The van der Waals surface area contributed by atoms with Crippen molar-refractivity contribution in [2.45, 2.75) is 27.2 Å². The average molecular weight is 412 g/mol.